The van der Waals surface area contributed by atoms with Gasteiger partial charge in [-0.15, -0.1) is 0 Å². The molecule has 3 heterocycles. The SMILES string of the molecule is Cc1ccc2nc3cccc4c3c(c2c1)CN4CCCN1CCOCC1. The molecule has 26 heavy (non-hydrogen) atoms. The summed E-state index contributed by atoms with van der Waals surface area (Å²) in [6, 6.07) is 13.2. The van der Waals surface area contributed by atoms with Crippen LogP contribution in [0.1, 0.15) is 17.5 Å². The number of hydrogen-bond donors (Lipinski definition) is 0. The smallest absolute Gasteiger partial charge is 0.0734 e. The molecule has 4 nitrogen and oxygen atoms in total. The van der Waals surface area contributed by atoms with Crippen molar-refractivity contribution in [3.63, 3.8) is 0 Å². The van der Waals surface area contributed by atoms with Gasteiger partial charge in [-0.1, -0.05) is 17.7 Å². The van der Waals surface area contributed by atoms with Gasteiger partial charge in [-0.2, -0.15) is 0 Å². The molecule has 2 aliphatic heterocycles. The zero-order valence-corrected chi connectivity index (χ0v) is 15.4. The number of aryl methyl sites for hydroxylation is 1. The van der Waals surface area contributed by atoms with E-state index >= 15 is 0 Å². The predicted molar refractivity (Wildman–Crippen MR) is 107 cm³/mol. The van der Waals surface area contributed by atoms with Crippen molar-refractivity contribution >= 4 is 27.5 Å². The van der Waals surface area contributed by atoms with Gasteiger partial charge in [-0.05, 0) is 43.2 Å². The van der Waals surface area contributed by atoms with Crippen LogP contribution < -0.4 is 4.90 Å². The van der Waals surface area contributed by atoms with Crippen LogP contribution >= 0.6 is 0 Å². The van der Waals surface area contributed by atoms with Gasteiger partial charge < -0.3 is 9.64 Å². The average Bonchev–Trinajstić information content (AvgIpc) is 3.04. The van der Waals surface area contributed by atoms with Crippen LogP contribution in [0.4, 0.5) is 5.69 Å². The summed E-state index contributed by atoms with van der Waals surface area (Å²) < 4.78 is 5.45. The molecule has 2 aliphatic rings. The maximum Gasteiger partial charge on any atom is 0.0734 e. The van der Waals surface area contributed by atoms with Crippen molar-refractivity contribution in [2.24, 2.45) is 0 Å². The van der Waals surface area contributed by atoms with Crippen molar-refractivity contribution in [3.8, 4) is 0 Å². The first-order valence-electron chi connectivity index (χ1n) is 9.66. The predicted octanol–water partition coefficient (Wildman–Crippen LogP) is 3.74. The Morgan fingerprint density at radius 1 is 1.04 bits per heavy atom. The average molecular weight is 347 g/mol. The van der Waals surface area contributed by atoms with Crippen LogP contribution in [0.3, 0.4) is 0 Å². The highest BCUT2D eigenvalue weighted by Gasteiger charge is 2.24. The molecule has 0 bridgehead atoms. The highest BCUT2D eigenvalue weighted by Crippen LogP contribution is 2.40. The van der Waals surface area contributed by atoms with Crippen molar-refractivity contribution in [1.29, 1.82) is 0 Å². The zero-order chi connectivity index (χ0) is 17.5. The molecule has 1 saturated heterocycles. The fourth-order valence-electron chi connectivity index (χ4n) is 4.40. The van der Waals surface area contributed by atoms with Gasteiger partial charge in [0.05, 0.1) is 24.2 Å². The molecule has 1 aromatic heterocycles. The number of morpholine rings is 1. The standard InChI is InChI=1S/C22H25N3O/c1-16-6-7-19-17(14-16)18-15-25(9-3-8-24-10-12-26-13-11-24)21-5-2-4-20(23-19)22(18)21/h2,4-7,14H,3,8-13,15H2,1H3. The first-order valence-corrected chi connectivity index (χ1v) is 9.66. The van der Waals surface area contributed by atoms with Gasteiger partial charge in [-0.25, -0.2) is 4.98 Å². The van der Waals surface area contributed by atoms with E-state index in [0.717, 1.165) is 57.0 Å². The lowest BCUT2D eigenvalue weighted by atomic mass is 10.0. The molecule has 2 aromatic carbocycles. The van der Waals surface area contributed by atoms with Crippen molar-refractivity contribution in [3.05, 3.63) is 47.5 Å². The number of nitrogens with zero attached hydrogens (tertiary/aromatic N) is 3. The fourth-order valence-corrected chi connectivity index (χ4v) is 4.40. The largest absolute Gasteiger partial charge is 0.379 e. The zero-order valence-electron chi connectivity index (χ0n) is 15.4. The lowest BCUT2D eigenvalue weighted by molar-refractivity contribution is 0.0376. The normalized spacial score (nSPS) is 17.5. The van der Waals surface area contributed by atoms with E-state index in [1.165, 1.54) is 34.0 Å². The van der Waals surface area contributed by atoms with E-state index in [-0.39, 0.29) is 0 Å². The van der Waals surface area contributed by atoms with Crippen LogP contribution in [-0.2, 0) is 11.3 Å². The maximum atomic E-state index is 5.45. The molecule has 0 radical (unpaired) electrons. The molecule has 3 aromatic rings. The Morgan fingerprint density at radius 2 is 1.92 bits per heavy atom. The quantitative estimate of drug-likeness (QED) is 0.672. The van der Waals surface area contributed by atoms with Gasteiger partial charge in [0.25, 0.3) is 0 Å². The van der Waals surface area contributed by atoms with Crippen molar-refractivity contribution in [2.45, 2.75) is 19.9 Å². The van der Waals surface area contributed by atoms with Crippen LogP contribution in [0.15, 0.2) is 36.4 Å². The Kier molecular flexibility index (Phi) is 4.03. The van der Waals surface area contributed by atoms with Crippen molar-refractivity contribution in [2.75, 3.05) is 44.3 Å². The van der Waals surface area contributed by atoms with Crippen LogP contribution in [0.2, 0.25) is 0 Å². The second-order valence-corrected chi connectivity index (χ2v) is 7.51. The number of rotatable bonds is 4. The second-order valence-electron chi connectivity index (χ2n) is 7.51. The third-order valence-electron chi connectivity index (χ3n) is 5.74. The van der Waals surface area contributed by atoms with E-state index in [9.17, 15) is 0 Å². The van der Waals surface area contributed by atoms with Gasteiger partial charge in [0.2, 0.25) is 0 Å². The highest BCUT2D eigenvalue weighted by atomic mass is 16.5. The third-order valence-corrected chi connectivity index (χ3v) is 5.74. The molecule has 0 unspecified atom stereocenters. The van der Waals surface area contributed by atoms with E-state index in [1.54, 1.807) is 0 Å². The van der Waals surface area contributed by atoms with E-state index in [4.69, 9.17) is 9.72 Å². The molecule has 0 N–H and O–H groups in total. The van der Waals surface area contributed by atoms with E-state index < -0.39 is 0 Å². The highest BCUT2D eigenvalue weighted by molar-refractivity contribution is 6.06. The minimum atomic E-state index is 0.880. The lowest BCUT2D eigenvalue weighted by Crippen LogP contribution is -2.38. The minimum absolute atomic E-state index is 0.880. The van der Waals surface area contributed by atoms with E-state index in [2.05, 4.69) is 53.1 Å². The van der Waals surface area contributed by atoms with Gasteiger partial charge in [-0.3, -0.25) is 4.90 Å². The fraction of sp³-hybridized carbons (Fsp3) is 0.409. The molecule has 0 amide bonds. The van der Waals surface area contributed by atoms with Gasteiger partial charge in [0, 0.05) is 49.2 Å². The number of ether oxygens (including phenoxy) is 1. The molecule has 1 fully saturated rings. The summed E-state index contributed by atoms with van der Waals surface area (Å²) >= 11 is 0. The Bertz CT molecular complexity index is 962. The number of hydrogen-bond acceptors (Lipinski definition) is 4. The van der Waals surface area contributed by atoms with Gasteiger partial charge >= 0.3 is 0 Å². The lowest BCUT2D eigenvalue weighted by Gasteiger charge is -2.28. The Morgan fingerprint density at radius 3 is 2.81 bits per heavy atom. The number of pyridine rings is 1. The van der Waals surface area contributed by atoms with Crippen LogP contribution in [0, 0.1) is 6.92 Å². The Hall–Kier alpha value is -2.17. The molecular formula is C22H25N3O. The summed E-state index contributed by atoms with van der Waals surface area (Å²) in [7, 11) is 0. The minimum Gasteiger partial charge on any atom is -0.379 e. The molecule has 0 spiro atoms. The maximum absolute atomic E-state index is 5.45. The number of benzene rings is 2. The Balaban J connectivity index is 1.43. The first kappa shape index (κ1) is 16.0. The second kappa shape index (κ2) is 6.53. The molecular weight excluding hydrogens is 322 g/mol. The summed E-state index contributed by atoms with van der Waals surface area (Å²) in [5, 5.41) is 2.68. The molecule has 4 heteroatoms. The monoisotopic (exact) mass is 347 g/mol. The summed E-state index contributed by atoms with van der Waals surface area (Å²) in [6.45, 7) is 9.33. The van der Waals surface area contributed by atoms with Crippen LogP contribution in [0.5, 0.6) is 0 Å². The van der Waals surface area contributed by atoms with E-state index in [1.807, 2.05) is 0 Å². The number of aromatic nitrogens is 1. The number of fused-ring (bicyclic) bond motifs is 2. The summed E-state index contributed by atoms with van der Waals surface area (Å²) in [6.07, 6.45) is 1.19. The topological polar surface area (TPSA) is 28.6 Å². The van der Waals surface area contributed by atoms with Gasteiger partial charge in [0.15, 0.2) is 0 Å². The molecule has 0 saturated carbocycles. The number of anilines is 1. The third kappa shape index (κ3) is 2.74. The summed E-state index contributed by atoms with van der Waals surface area (Å²) in [5.74, 6) is 0. The molecule has 0 aliphatic carbocycles. The summed E-state index contributed by atoms with van der Waals surface area (Å²) in [4.78, 5) is 9.98. The van der Waals surface area contributed by atoms with Crippen LogP contribution in [-0.4, -0.2) is 49.3 Å². The Labute approximate surface area is 154 Å². The summed E-state index contributed by atoms with van der Waals surface area (Å²) in [5.41, 5.74) is 6.36. The van der Waals surface area contributed by atoms with Crippen molar-refractivity contribution in [1.82, 2.24) is 9.88 Å². The first-order chi connectivity index (χ1) is 12.8. The van der Waals surface area contributed by atoms with Crippen molar-refractivity contribution < 1.29 is 4.74 Å². The molecule has 134 valence electrons. The molecule has 5 rings (SSSR count). The molecule has 0 atom stereocenters. The van der Waals surface area contributed by atoms with E-state index in [0.29, 0.717) is 0 Å². The van der Waals surface area contributed by atoms with Gasteiger partial charge in [0.1, 0.15) is 0 Å². The van der Waals surface area contributed by atoms with Crippen LogP contribution in [0.25, 0.3) is 21.8 Å².